The molecule has 2 aromatic rings. The van der Waals surface area contributed by atoms with Gasteiger partial charge in [0.1, 0.15) is 5.03 Å². The Labute approximate surface area is 115 Å². The van der Waals surface area contributed by atoms with Gasteiger partial charge < -0.3 is 10.1 Å². The topological polar surface area (TPSA) is 47.0 Å². The molecule has 2 rings (SSSR count). The first-order chi connectivity index (χ1) is 8.90. The van der Waals surface area contributed by atoms with E-state index in [-0.39, 0.29) is 0 Å². The lowest BCUT2D eigenvalue weighted by atomic mass is 10.3. The van der Waals surface area contributed by atoms with E-state index in [0.29, 0.717) is 0 Å². The summed E-state index contributed by atoms with van der Waals surface area (Å²) in [4.78, 5) is 8.67. The Morgan fingerprint density at radius 3 is 3.11 bits per heavy atom. The van der Waals surface area contributed by atoms with Gasteiger partial charge in [-0.15, -0.1) is 11.3 Å². The summed E-state index contributed by atoms with van der Waals surface area (Å²) < 4.78 is 6.02. The van der Waals surface area contributed by atoms with Crippen molar-refractivity contribution in [1.82, 2.24) is 15.3 Å². The monoisotopic (exact) mass is 281 g/mol. The highest BCUT2D eigenvalue weighted by Gasteiger charge is 2.06. The highest BCUT2D eigenvalue weighted by molar-refractivity contribution is 8.01. The fourth-order valence-corrected chi connectivity index (χ4v) is 3.01. The molecule has 0 aliphatic rings. The van der Waals surface area contributed by atoms with Gasteiger partial charge in [0.25, 0.3) is 0 Å². The minimum Gasteiger partial charge on any atom is -0.383 e. The van der Waals surface area contributed by atoms with Crippen LogP contribution in [0.1, 0.15) is 5.56 Å². The molecule has 0 bridgehead atoms. The quantitative estimate of drug-likeness (QED) is 0.790. The Kier molecular flexibility index (Phi) is 5.60. The summed E-state index contributed by atoms with van der Waals surface area (Å²) in [5, 5.41) is 6.31. The minimum absolute atomic E-state index is 0.717. The largest absolute Gasteiger partial charge is 0.383 e. The van der Waals surface area contributed by atoms with E-state index in [2.05, 4.69) is 21.4 Å². The summed E-state index contributed by atoms with van der Waals surface area (Å²) in [5.41, 5.74) is 1.19. The Morgan fingerprint density at radius 1 is 1.39 bits per heavy atom. The maximum absolute atomic E-state index is 5.00. The molecule has 0 radical (unpaired) electrons. The van der Waals surface area contributed by atoms with Crippen LogP contribution in [0.5, 0.6) is 0 Å². The molecule has 0 atom stereocenters. The molecule has 2 aromatic heterocycles. The van der Waals surface area contributed by atoms with Crippen LogP contribution in [0.25, 0.3) is 0 Å². The molecular weight excluding hydrogens is 266 g/mol. The van der Waals surface area contributed by atoms with Crippen LogP contribution in [0.2, 0.25) is 0 Å². The highest BCUT2D eigenvalue weighted by Crippen LogP contribution is 2.29. The second kappa shape index (κ2) is 7.48. The maximum Gasteiger partial charge on any atom is 0.156 e. The summed E-state index contributed by atoms with van der Waals surface area (Å²) in [6.07, 6.45) is 3.63. The van der Waals surface area contributed by atoms with Crippen molar-refractivity contribution in [3.8, 4) is 0 Å². The minimum atomic E-state index is 0.717. The summed E-state index contributed by atoms with van der Waals surface area (Å²) in [6, 6.07) is 4.04. The Hall–Kier alpha value is -0.950. The van der Waals surface area contributed by atoms with Gasteiger partial charge in [-0.3, -0.25) is 0 Å². The third kappa shape index (κ3) is 4.06. The van der Waals surface area contributed by atoms with E-state index < -0.39 is 0 Å². The third-order valence-corrected chi connectivity index (χ3v) is 4.19. The van der Waals surface area contributed by atoms with E-state index in [9.17, 15) is 0 Å². The Balaban J connectivity index is 1.97. The van der Waals surface area contributed by atoms with Crippen molar-refractivity contribution in [1.29, 1.82) is 0 Å². The van der Waals surface area contributed by atoms with Crippen LogP contribution in [-0.2, 0) is 11.3 Å². The molecule has 1 N–H and O–H groups in total. The number of methoxy groups -OCH3 is 1. The Bertz CT molecular complexity index is 462. The normalized spacial score (nSPS) is 10.7. The number of hydrogen-bond acceptors (Lipinski definition) is 6. The molecule has 0 aliphatic heterocycles. The summed E-state index contributed by atoms with van der Waals surface area (Å²) in [5.74, 6) is 0. The zero-order valence-corrected chi connectivity index (χ0v) is 11.8. The van der Waals surface area contributed by atoms with Crippen molar-refractivity contribution in [3.05, 3.63) is 35.5 Å². The molecular formula is C12H15N3OS2. The Morgan fingerprint density at radius 2 is 2.33 bits per heavy atom. The zero-order chi connectivity index (χ0) is 12.6. The van der Waals surface area contributed by atoms with Gasteiger partial charge in [0, 0.05) is 38.0 Å². The number of aromatic nitrogens is 2. The summed E-state index contributed by atoms with van der Waals surface area (Å²) in [7, 11) is 1.70. The van der Waals surface area contributed by atoms with Crippen LogP contribution in [-0.4, -0.2) is 30.2 Å². The van der Waals surface area contributed by atoms with Crippen molar-refractivity contribution in [3.63, 3.8) is 0 Å². The van der Waals surface area contributed by atoms with Gasteiger partial charge >= 0.3 is 0 Å². The smallest absolute Gasteiger partial charge is 0.156 e. The molecule has 0 aromatic carbocycles. The molecule has 0 saturated carbocycles. The number of thiazole rings is 1. The fourth-order valence-electron chi connectivity index (χ4n) is 1.39. The first-order valence-corrected chi connectivity index (χ1v) is 7.30. The van der Waals surface area contributed by atoms with Crippen LogP contribution in [0.15, 0.2) is 39.3 Å². The molecule has 0 unspecified atom stereocenters. The van der Waals surface area contributed by atoms with Gasteiger partial charge in [-0.1, -0.05) is 6.07 Å². The number of hydrogen-bond donors (Lipinski definition) is 1. The van der Waals surface area contributed by atoms with E-state index in [0.717, 1.165) is 29.1 Å². The molecule has 2 heterocycles. The van der Waals surface area contributed by atoms with Gasteiger partial charge in [0.05, 0.1) is 6.61 Å². The standard InChI is InChI=1S/C12H15N3OS2/c1-16-7-5-13-9-10-3-2-4-14-11(10)18-12-15-6-8-17-12/h2-4,6,8,13H,5,7,9H2,1H3. The highest BCUT2D eigenvalue weighted by atomic mass is 32.2. The van der Waals surface area contributed by atoms with Gasteiger partial charge in [-0.05, 0) is 23.4 Å². The first kappa shape index (κ1) is 13.5. The molecule has 6 heteroatoms. The molecule has 18 heavy (non-hydrogen) atoms. The van der Waals surface area contributed by atoms with Crippen molar-refractivity contribution in [2.45, 2.75) is 15.9 Å². The van der Waals surface area contributed by atoms with Gasteiger partial charge in [0.2, 0.25) is 0 Å². The number of nitrogens with zero attached hydrogens (tertiary/aromatic N) is 2. The summed E-state index contributed by atoms with van der Waals surface area (Å²) in [6.45, 7) is 2.35. The van der Waals surface area contributed by atoms with Crippen LogP contribution in [0.4, 0.5) is 0 Å². The van der Waals surface area contributed by atoms with E-state index in [1.54, 1.807) is 30.2 Å². The molecule has 0 spiro atoms. The van der Waals surface area contributed by atoms with Gasteiger partial charge in [-0.25, -0.2) is 9.97 Å². The van der Waals surface area contributed by atoms with Crippen molar-refractivity contribution in [2.24, 2.45) is 0 Å². The number of pyridine rings is 1. The molecule has 0 saturated heterocycles. The van der Waals surface area contributed by atoms with Crippen LogP contribution < -0.4 is 5.32 Å². The van der Waals surface area contributed by atoms with Crippen LogP contribution in [0, 0.1) is 0 Å². The second-order valence-corrected chi connectivity index (χ2v) is 5.67. The first-order valence-electron chi connectivity index (χ1n) is 5.61. The SMILES string of the molecule is COCCNCc1cccnc1Sc1nccs1. The van der Waals surface area contributed by atoms with Crippen LogP contribution >= 0.6 is 23.1 Å². The number of nitrogens with one attached hydrogen (secondary N) is 1. The maximum atomic E-state index is 5.00. The average molecular weight is 281 g/mol. The predicted molar refractivity (Wildman–Crippen MR) is 74.1 cm³/mol. The van der Waals surface area contributed by atoms with E-state index in [1.807, 2.05) is 23.8 Å². The number of ether oxygens (including phenoxy) is 1. The van der Waals surface area contributed by atoms with Gasteiger partial charge in [-0.2, -0.15) is 0 Å². The van der Waals surface area contributed by atoms with E-state index >= 15 is 0 Å². The average Bonchev–Trinajstić information content (AvgIpc) is 2.89. The lowest BCUT2D eigenvalue weighted by Gasteiger charge is -2.07. The van der Waals surface area contributed by atoms with Crippen molar-refractivity contribution >= 4 is 23.1 Å². The second-order valence-electron chi connectivity index (χ2n) is 3.54. The molecule has 0 fully saturated rings. The third-order valence-electron chi connectivity index (χ3n) is 2.24. The predicted octanol–water partition coefficient (Wildman–Crippen LogP) is 2.43. The zero-order valence-electron chi connectivity index (χ0n) is 10.1. The fraction of sp³-hybridized carbons (Fsp3) is 0.333. The van der Waals surface area contributed by atoms with Crippen LogP contribution in [0.3, 0.4) is 0 Å². The molecule has 0 aliphatic carbocycles. The lowest BCUT2D eigenvalue weighted by molar-refractivity contribution is 0.199. The molecule has 96 valence electrons. The molecule has 4 nitrogen and oxygen atoms in total. The number of rotatable bonds is 7. The van der Waals surface area contributed by atoms with Crippen molar-refractivity contribution in [2.75, 3.05) is 20.3 Å². The summed E-state index contributed by atoms with van der Waals surface area (Å²) >= 11 is 3.24. The lowest BCUT2D eigenvalue weighted by Crippen LogP contribution is -2.19. The van der Waals surface area contributed by atoms with Crippen molar-refractivity contribution < 1.29 is 4.74 Å². The molecule has 0 amide bonds. The van der Waals surface area contributed by atoms with Gasteiger partial charge in [0.15, 0.2) is 4.34 Å². The van der Waals surface area contributed by atoms with E-state index in [1.165, 1.54) is 5.56 Å². The van der Waals surface area contributed by atoms with E-state index in [4.69, 9.17) is 4.74 Å².